The van der Waals surface area contributed by atoms with Gasteiger partial charge in [0.2, 0.25) is 0 Å². The number of benzene rings is 2. The Hall–Kier alpha value is -3.12. The highest BCUT2D eigenvalue weighted by Crippen LogP contribution is 2.23. The number of amides is 1. The molecule has 0 radical (unpaired) electrons. The predicted octanol–water partition coefficient (Wildman–Crippen LogP) is 4.54. The average molecular weight is 420 g/mol. The first-order valence-corrected chi connectivity index (χ1v) is 10.7. The summed E-state index contributed by atoms with van der Waals surface area (Å²) >= 11 is 0. The van der Waals surface area contributed by atoms with Gasteiger partial charge in [0.15, 0.2) is 11.5 Å². The fourth-order valence-corrected chi connectivity index (χ4v) is 3.77. The van der Waals surface area contributed by atoms with Crippen molar-refractivity contribution in [3.05, 3.63) is 71.4 Å². The second-order valence-electron chi connectivity index (χ2n) is 8.32. The lowest BCUT2D eigenvalue weighted by Crippen LogP contribution is -2.37. The molecule has 162 valence electrons. The minimum absolute atomic E-state index is 0.0634. The molecule has 0 spiro atoms. The predicted molar refractivity (Wildman–Crippen MR) is 121 cm³/mol. The van der Waals surface area contributed by atoms with Crippen molar-refractivity contribution in [2.24, 2.45) is 0 Å². The van der Waals surface area contributed by atoms with Crippen LogP contribution >= 0.6 is 0 Å². The van der Waals surface area contributed by atoms with Crippen molar-refractivity contribution < 1.29 is 14.1 Å². The maximum absolute atomic E-state index is 13.4. The number of nitrogens with zero attached hydrogens (tertiary/aromatic N) is 3. The topological polar surface area (TPSA) is 58.8 Å². The minimum Gasteiger partial charge on any atom is -0.378 e. The molecule has 1 amide bonds. The van der Waals surface area contributed by atoms with E-state index < -0.39 is 0 Å². The number of hydrogen-bond donors (Lipinski definition) is 0. The number of carbonyl (C=O) groups excluding carboxylic acids is 1. The van der Waals surface area contributed by atoms with Crippen LogP contribution in [0.5, 0.6) is 0 Å². The Kier molecular flexibility index (Phi) is 6.37. The van der Waals surface area contributed by atoms with E-state index in [1.165, 1.54) is 5.56 Å². The van der Waals surface area contributed by atoms with Crippen LogP contribution in [-0.4, -0.2) is 49.3 Å². The van der Waals surface area contributed by atoms with E-state index in [9.17, 15) is 4.79 Å². The maximum Gasteiger partial charge on any atom is 0.276 e. The third-order valence-corrected chi connectivity index (χ3v) is 5.63. The van der Waals surface area contributed by atoms with Crippen molar-refractivity contribution in [2.45, 2.75) is 32.4 Å². The van der Waals surface area contributed by atoms with Crippen molar-refractivity contribution in [3.63, 3.8) is 0 Å². The molecule has 1 aliphatic heterocycles. The summed E-state index contributed by atoms with van der Waals surface area (Å²) < 4.78 is 11.3. The number of anilines is 1. The Bertz CT molecular complexity index is 1000. The van der Waals surface area contributed by atoms with Crippen LogP contribution in [-0.2, 0) is 11.3 Å². The number of carbonyl (C=O) groups is 1. The standard InChI is InChI=1S/C25H29N3O3/c1-18-6-10-20(11-7-18)24-15-23(26-31-24)25(29)28(17-22-5-4-14-30-22)16-19-8-12-21(13-9-19)27(2)3/h6-13,15,22H,4-5,14,16-17H2,1-3H3. The highest BCUT2D eigenvalue weighted by atomic mass is 16.5. The molecule has 6 heteroatoms. The summed E-state index contributed by atoms with van der Waals surface area (Å²) in [7, 11) is 4.02. The number of aromatic nitrogens is 1. The van der Waals surface area contributed by atoms with Crippen LogP contribution in [0.25, 0.3) is 11.3 Å². The van der Waals surface area contributed by atoms with Gasteiger partial charge in [0.05, 0.1) is 6.10 Å². The quantitative estimate of drug-likeness (QED) is 0.563. The van der Waals surface area contributed by atoms with E-state index in [1.54, 1.807) is 6.07 Å². The minimum atomic E-state index is -0.144. The molecule has 1 aromatic heterocycles. The summed E-state index contributed by atoms with van der Waals surface area (Å²) in [4.78, 5) is 17.2. The van der Waals surface area contributed by atoms with E-state index in [4.69, 9.17) is 9.26 Å². The molecule has 1 aliphatic rings. The first-order valence-electron chi connectivity index (χ1n) is 10.7. The van der Waals surface area contributed by atoms with E-state index in [1.807, 2.05) is 50.2 Å². The van der Waals surface area contributed by atoms with Gasteiger partial charge in [0.25, 0.3) is 5.91 Å². The Balaban J connectivity index is 1.54. The lowest BCUT2D eigenvalue weighted by molar-refractivity contribution is 0.0499. The molecular weight excluding hydrogens is 390 g/mol. The highest BCUT2D eigenvalue weighted by Gasteiger charge is 2.26. The summed E-state index contributed by atoms with van der Waals surface area (Å²) in [6.07, 6.45) is 2.07. The summed E-state index contributed by atoms with van der Waals surface area (Å²) in [5.74, 6) is 0.449. The summed E-state index contributed by atoms with van der Waals surface area (Å²) in [6, 6.07) is 18.0. The number of aryl methyl sites for hydroxylation is 1. The molecule has 1 fully saturated rings. The van der Waals surface area contributed by atoms with Crippen molar-refractivity contribution in [1.82, 2.24) is 10.1 Å². The van der Waals surface area contributed by atoms with Crippen LogP contribution in [0.1, 0.15) is 34.5 Å². The lowest BCUT2D eigenvalue weighted by atomic mass is 10.1. The van der Waals surface area contributed by atoms with Crippen molar-refractivity contribution >= 4 is 11.6 Å². The zero-order valence-electron chi connectivity index (χ0n) is 18.4. The van der Waals surface area contributed by atoms with Gasteiger partial charge in [-0.25, -0.2) is 0 Å². The zero-order chi connectivity index (χ0) is 21.8. The molecule has 1 saturated heterocycles. The van der Waals surface area contributed by atoms with E-state index in [2.05, 4.69) is 34.3 Å². The summed E-state index contributed by atoms with van der Waals surface area (Å²) in [5.41, 5.74) is 4.59. The third kappa shape index (κ3) is 5.14. The monoisotopic (exact) mass is 419 g/mol. The van der Waals surface area contributed by atoms with Crippen LogP contribution < -0.4 is 4.90 Å². The van der Waals surface area contributed by atoms with Gasteiger partial charge < -0.3 is 19.1 Å². The van der Waals surface area contributed by atoms with E-state index in [0.29, 0.717) is 24.5 Å². The Morgan fingerprint density at radius 3 is 2.48 bits per heavy atom. The molecular formula is C25H29N3O3. The first kappa shape index (κ1) is 21.1. The smallest absolute Gasteiger partial charge is 0.276 e. The molecule has 3 aromatic rings. The van der Waals surface area contributed by atoms with Gasteiger partial charge in [-0.15, -0.1) is 0 Å². The zero-order valence-corrected chi connectivity index (χ0v) is 18.4. The van der Waals surface area contributed by atoms with Crippen molar-refractivity contribution in [2.75, 3.05) is 32.1 Å². The van der Waals surface area contributed by atoms with Crippen LogP contribution in [0.3, 0.4) is 0 Å². The summed E-state index contributed by atoms with van der Waals surface area (Å²) in [5, 5.41) is 4.08. The number of hydrogen-bond acceptors (Lipinski definition) is 5. The fourth-order valence-electron chi connectivity index (χ4n) is 3.77. The number of ether oxygens (including phenoxy) is 1. The largest absolute Gasteiger partial charge is 0.378 e. The number of rotatable bonds is 7. The molecule has 0 bridgehead atoms. The second-order valence-corrected chi connectivity index (χ2v) is 8.32. The van der Waals surface area contributed by atoms with Crippen LogP contribution in [0.15, 0.2) is 59.1 Å². The molecule has 1 unspecified atom stereocenters. The fraction of sp³-hybridized carbons (Fsp3) is 0.360. The first-order chi connectivity index (χ1) is 15.0. The molecule has 0 saturated carbocycles. The van der Waals surface area contributed by atoms with Gasteiger partial charge in [-0.3, -0.25) is 4.79 Å². The van der Waals surface area contributed by atoms with Crippen LogP contribution in [0.4, 0.5) is 5.69 Å². The van der Waals surface area contributed by atoms with Gasteiger partial charge in [-0.1, -0.05) is 47.1 Å². The molecule has 31 heavy (non-hydrogen) atoms. The van der Waals surface area contributed by atoms with Gasteiger partial charge in [0, 0.05) is 51.1 Å². The van der Waals surface area contributed by atoms with E-state index in [0.717, 1.165) is 36.3 Å². The van der Waals surface area contributed by atoms with Gasteiger partial charge >= 0.3 is 0 Å². The van der Waals surface area contributed by atoms with E-state index >= 15 is 0 Å². The highest BCUT2D eigenvalue weighted by molar-refractivity contribution is 5.93. The average Bonchev–Trinajstić information content (AvgIpc) is 3.46. The van der Waals surface area contributed by atoms with Gasteiger partial charge in [-0.2, -0.15) is 0 Å². The van der Waals surface area contributed by atoms with Gasteiger partial charge in [-0.05, 0) is 37.5 Å². The summed E-state index contributed by atoms with van der Waals surface area (Å²) in [6.45, 7) is 3.83. The van der Waals surface area contributed by atoms with Crippen LogP contribution in [0.2, 0.25) is 0 Å². The second kappa shape index (κ2) is 9.35. The van der Waals surface area contributed by atoms with Gasteiger partial charge in [0.1, 0.15) is 0 Å². The Morgan fingerprint density at radius 2 is 1.84 bits per heavy atom. The van der Waals surface area contributed by atoms with Crippen molar-refractivity contribution in [1.29, 1.82) is 0 Å². The Labute approximate surface area is 183 Å². The molecule has 4 rings (SSSR count). The van der Waals surface area contributed by atoms with Crippen LogP contribution in [0, 0.1) is 6.92 Å². The molecule has 1 atom stereocenters. The van der Waals surface area contributed by atoms with Crippen molar-refractivity contribution in [3.8, 4) is 11.3 Å². The molecule has 2 aromatic carbocycles. The third-order valence-electron chi connectivity index (χ3n) is 5.63. The van der Waals surface area contributed by atoms with E-state index in [-0.39, 0.29) is 12.0 Å². The molecule has 0 aliphatic carbocycles. The lowest BCUT2D eigenvalue weighted by Gasteiger charge is -2.25. The molecule has 0 N–H and O–H groups in total. The maximum atomic E-state index is 13.4. The SMILES string of the molecule is Cc1ccc(-c2cc(C(=O)N(Cc3ccc(N(C)C)cc3)CC3CCCO3)no2)cc1. The normalized spacial score (nSPS) is 15.8. The molecule has 6 nitrogen and oxygen atoms in total. The molecule has 2 heterocycles. The Morgan fingerprint density at radius 1 is 1.10 bits per heavy atom.